The van der Waals surface area contributed by atoms with E-state index in [1.54, 1.807) is 0 Å². The van der Waals surface area contributed by atoms with Crippen molar-refractivity contribution in [3.8, 4) is 0 Å². The first-order valence-electron chi connectivity index (χ1n) is 4.03. The summed E-state index contributed by atoms with van der Waals surface area (Å²) in [6.45, 7) is 2.10. The second-order valence-electron chi connectivity index (χ2n) is 3.21. The van der Waals surface area contributed by atoms with Gasteiger partial charge in [0.05, 0.1) is 0 Å². The van der Waals surface area contributed by atoms with Gasteiger partial charge >= 0.3 is 5.97 Å². The van der Waals surface area contributed by atoms with Crippen molar-refractivity contribution in [3.05, 3.63) is 0 Å². The molecule has 0 aromatic rings. The first-order valence-corrected chi connectivity index (χ1v) is 4.41. The monoisotopic (exact) mass is 176 g/mol. The molecule has 11 heavy (non-hydrogen) atoms. The number of hydrogen-bond acceptors (Lipinski definition) is 1. The molecule has 1 fully saturated rings. The SMILES string of the molecule is CCCCC1CC1(Cl)C(=O)O. The average Bonchev–Trinajstić information content (AvgIpc) is 2.59. The Labute approximate surface area is 71.5 Å². The Bertz CT molecular complexity index is 169. The van der Waals surface area contributed by atoms with Crippen molar-refractivity contribution < 1.29 is 9.90 Å². The zero-order valence-corrected chi connectivity index (χ0v) is 7.40. The number of hydrogen-bond donors (Lipinski definition) is 1. The van der Waals surface area contributed by atoms with Crippen molar-refractivity contribution in [1.82, 2.24) is 0 Å². The van der Waals surface area contributed by atoms with Crippen molar-refractivity contribution in [1.29, 1.82) is 0 Å². The quantitative estimate of drug-likeness (QED) is 0.668. The molecule has 1 saturated carbocycles. The largest absolute Gasteiger partial charge is 0.480 e. The fraction of sp³-hybridized carbons (Fsp3) is 0.875. The van der Waals surface area contributed by atoms with Gasteiger partial charge in [-0.3, -0.25) is 4.79 Å². The first kappa shape index (κ1) is 8.85. The molecule has 64 valence electrons. The van der Waals surface area contributed by atoms with Crippen LogP contribution in [0, 0.1) is 5.92 Å². The third-order valence-electron chi connectivity index (χ3n) is 2.29. The van der Waals surface area contributed by atoms with Gasteiger partial charge in [0.2, 0.25) is 0 Å². The highest BCUT2D eigenvalue weighted by molar-refractivity contribution is 6.36. The van der Waals surface area contributed by atoms with Crippen LogP contribution in [0.2, 0.25) is 0 Å². The molecule has 0 heterocycles. The van der Waals surface area contributed by atoms with Crippen LogP contribution in [0.15, 0.2) is 0 Å². The van der Waals surface area contributed by atoms with Gasteiger partial charge < -0.3 is 5.11 Å². The summed E-state index contributed by atoms with van der Waals surface area (Å²) in [6, 6.07) is 0. The third-order valence-corrected chi connectivity index (χ3v) is 2.92. The molecule has 2 atom stereocenters. The first-order chi connectivity index (χ1) is 5.11. The third kappa shape index (κ3) is 1.67. The lowest BCUT2D eigenvalue weighted by molar-refractivity contribution is -0.137. The van der Waals surface area contributed by atoms with E-state index in [9.17, 15) is 4.79 Å². The van der Waals surface area contributed by atoms with Crippen LogP contribution in [0.3, 0.4) is 0 Å². The zero-order valence-electron chi connectivity index (χ0n) is 6.64. The summed E-state index contributed by atoms with van der Waals surface area (Å²) < 4.78 is 0. The smallest absolute Gasteiger partial charge is 0.325 e. The van der Waals surface area contributed by atoms with Gasteiger partial charge in [0.25, 0.3) is 0 Å². The van der Waals surface area contributed by atoms with Crippen LogP contribution in [0.25, 0.3) is 0 Å². The molecule has 0 radical (unpaired) electrons. The molecule has 3 heteroatoms. The Morgan fingerprint density at radius 3 is 2.82 bits per heavy atom. The summed E-state index contributed by atoms with van der Waals surface area (Å²) in [5.41, 5.74) is 0. The minimum atomic E-state index is -0.894. The molecular weight excluding hydrogens is 164 g/mol. The number of aliphatic carboxylic acids is 1. The highest BCUT2D eigenvalue weighted by Crippen LogP contribution is 2.52. The van der Waals surface area contributed by atoms with E-state index in [1.807, 2.05) is 0 Å². The Kier molecular flexibility index (Phi) is 2.43. The molecule has 0 aromatic heterocycles. The van der Waals surface area contributed by atoms with E-state index in [0.29, 0.717) is 6.42 Å². The highest BCUT2D eigenvalue weighted by atomic mass is 35.5. The Morgan fingerprint density at radius 2 is 2.45 bits per heavy atom. The summed E-state index contributed by atoms with van der Waals surface area (Å²) in [6.07, 6.45) is 3.83. The topological polar surface area (TPSA) is 37.3 Å². The van der Waals surface area contributed by atoms with E-state index in [1.165, 1.54) is 0 Å². The number of unbranched alkanes of at least 4 members (excludes halogenated alkanes) is 1. The molecule has 1 rings (SSSR count). The maximum absolute atomic E-state index is 10.5. The molecule has 2 unspecified atom stereocenters. The lowest BCUT2D eigenvalue weighted by atomic mass is 10.1. The number of carboxylic acid groups (broad SMARTS) is 1. The maximum Gasteiger partial charge on any atom is 0.325 e. The standard InChI is InChI=1S/C8H13ClO2/c1-2-3-4-6-5-8(6,9)7(10)11/h6H,2-5H2,1H3,(H,10,11). The van der Waals surface area contributed by atoms with Gasteiger partial charge in [-0.05, 0) is 18.8 Å². The normalized spacial score (nSPS) is 35.3. The van der Waals surface area contributed by atoms with Crippen LogP contribution in [-0.4, -0.2) is 16.0 Å². The predicted molar refractivity (Wildman–Crippen MR) is 43.9 cm³/mol. The van der Waals surface area contributed by atoms with E-state index in [0.717, 1.165) is 19.3 Å². The van der Waals surface area contributed by atoms with Crippen molar-refractivity contribution in [2.45, 2.75) is 37.5 Å². The molecule has 2 nitrogen and oxygen atoms in total. The van der Waals surface area contributed by atoms with E-state index in [4.69, 9.17) is 16.7 Å². The fourth-order valence-corrected chi connectivity index (χ4v) is 1.64. The second kappa shape index (κ2) is 3.02. The number of rotatable bonds is 4. The van der Waals surface area contributed by atoms with E-state index in [-0.39, 0.29) is 5.92 Å². The molecule has 0 aliphatic heterocycles. The number of carbonyl (C=O) groups is 1. The lowest BCUT2D eigenvalue weighted by Gasteiger charge is -2.00. The van der Waals surface area contributed by atoms with Gasteiger partial charge in [0.15, 0.2) is 0 Å². The average molecular weight is 177 g/mol. The molecule has 1 N–H and O–H groups in total. The molecule has 0 amide bonds. The number of halogens is 1. The van der Waals surface area contributed by atoms with Gasteiger partial charge in [-0.1, -0.05) is 19.8 Å². The Hall–Kier alpha value is -0.240. The van der Waals surface area contributed by atoms with Crippen molar-refractivity contribution >= 4 is 17.6 Å². The van der Waals surface area contributed by atoms with Crippen LogP contribution in [0.4, 0.5) is 0 Å². The number of carboxylic acids is 1. The molecule has 1 aliphatic rings. The Morgan fingerprint density at radius 1 is 1.82 bits per heavy atom. The van der Waals surface area contributed by atoms with E-state index < -0.39 is 10.8 Å². The molecule has 0 spiro atoms. The van der Waals surface area contributed by atoms with Gasteiger partial charge in [-0.2, -0.15) is 0 Å². The van der Waals surface area contributed by atoms with Crippen LogP contribution < -0.4 is 0 Å². The molecule has 0 aromatic carbocycles. The lowest BCUT2D eigenvalue weighted by Crippen LogP contribution is -2.17. The minimum absolute atomic E-state index is 0.224. The highest BCUT2D eigenvalue weighted by Gasteiger charge is 2.58. The van der Waals surface area contributed by atoms with Crippen LogP contribution >= 0.6 is 11.6 Å². The zero-order chi connectivity index (χ0) is 8.48. The van der Waals surface area contributed by atoms with Crippen molar-refractivity contribution in [2.75, 3.05) is 0 Å². The van der Waals surface area contributed by atoms with E-state index >= 15 is 0 Å². The second-order valence-corrected chi connectivity index (χ2v) is 3.89. The van der Waals surface area contributed by atoms with Gasteiger partial charge in [0.1, 0.15) is 4.87 Å². The minimum Gasteiger partial charge on any atom is -0.480 e. The van der Waals surface area contributed by atoms with Crippen LogP contribution in [-0.2, 0) is 4.79 Å². The molecule has 1 aliphatic carbocycles. The van der Waals surface area contributed by atoms with Crippen molar-refractivity contribution in [2.24, 2.45) is 5.92 Å². The van der Waals surface area contributed by atoms with E-state index in [2.05, 4.69) is 6.92 Å². The van der Waals surface area contributed by atoms with Crippen LogP contribution in [0.5, 0.6) is 0 Å². The van der Waals surface area contributed by atoms with Gasteiger partial charge in [0, 0.05) is 0 Å². The summed E-state index contributed by atoms with van der Waals surface area (Å²) in [4.78, 5) is 9.63. The van der Waals surface area contributed by atoms with Crippen LogP contribution in [0.1, 0.15) is 32.6 Å². The Balaban J connectivity index is 2.29. The fourth-order valence-electron chi connectivity index (χ4n) is 1.34. The van der Waals surface area contributed by atoms with Gasteiger partial charge in [-0.25, -0.2) is 0 Å². The summed E-state index contributed by atoms with van der Waals surface area (Å²) in [5, 5.41) is 8.65. The molecule has 0 bridgehead atoms. The summed E-state index contributed by atoms with van der Waals surface area (Å²) in [7, 11) is 0. The summed E-state index contributed by atoms with van der Waals surface area (Å²) in [5.74, 6) is -0.623. The molecule has 0 saturated heterocycles. The molecular formula is C8H13ClO2. The summed E-state index contributed by atoms with van der Waals surface area (Å²) >= 11 is 5.78. The predicted octanol–water partition coefficient (Wildman–Crippen LogP) is 2.26. The van der Waals surface area contributed by atoms with Crippen molar-refractivity contribution in [3.63, 3.8) is 0 Å². The maximum atomic E-state index is 10.5. The van der Waals surface area contributed by atoms with Gasteiger partial charge in [-0.15, -0.1) is 11.6 Å². The number of alkyl halides is 1.